The maximum Gasteiger partial charge on any atom is 0.173 e. The van der Waals surface area contributed by atoms with E-state index in [1.54, 1.807) is 0 Å². The summed E-state index contributed by atoms with van der Waals surface area (Å²) in [5, 5.41) is 1.99. The molecule has 0 spiro atoms. The van der Waals surface area contributed by atoms with Gasteiger partial charge in [0, 0.05) is 12.8 Å². The Balaban J connectivity index is 1.45. The van der Waals surface area contributed by atoms with Crippen molar-refractivity contribution in [2.24, 2.45) is 0 Å². The first kappa shape index (κ1) is 22.5. The number of ether oxygens (including phenoxy) is 3. The number of rotatable bonds is 10. The molecule has 0 radical (unpaired) electrons. The fraction of sp³-hybridized carbons (Fsp3) is 0.125. The van der Waals surface area contributed by atoms with Crippen LogP contribution in [0.2, 0.25) is 0 Å². The summed E-state index contributed by atoms with van der Waals surface area (Å²) in [6, 6.07) is 40.7. The minimum atomic E-state index is 0.534. The van der Waals surface area contributed by atoms with E-state index in [1.165, 1.54) is 11.1 Å². The summed E-state index contributed by atoms with van der Waals surface area (Å²) in [5.74, 6) is 2.95. The van der Waals surface area contributed by atoms with Crippen molar-refractivity contribution in [2.75, 3.05) is 13.2 Å². The molecule has 35 heavy (non-hydrogen) atoms. The summed E-state index contributed by atoms with van der Waals surface area (Å²) in [6.45, 7) is 1.11. The molecule has 5 rings (SSSR count). The highest BCUT2D eigenvalue weighted by molar-refractivity contribution is 5.96. The van der Waals surface area contributed by atoms with Crippen molar-refractivity contribution in [3.8, 4) is 23.0 Å². The van der Waals surface area contributed by atoms with Gasteiger partial charge < -0.3 is 14.2 Å². The Bertz CT molecular complexity index is 1350. The normalized spacial score (nSPS) is 10.7. The zero-order valence-electron chi connectivity index (χ0n) is 19.6. The summed E-state index contributed by atoms with van der Waals surface area (Å²) in [7, 11) is 0. The maximum absolute atomic E-state index is 6.43. The minimum absolute atomic E-state index is 0.534. The van der Waals surface area contributed by atoms with Gasteiger partial charge in [-0.2, -0.15) is 0 Å². The van der Waals surface area contributed by atoms with E-state index in [0.29, 0.717) is 24.7 Å². The molecule has 0 saturated carbocycles. The van der Waals surface area contributed by atoms with Gasteiger partial charge in [-0.25, -0.2) is 0 Å². The zero-order chi connectivity index (χ0) is 23.7. The van der Waals surface area contributed by atoms with Crippen LogP contribution in [0.25, 0.3) is 10.8 Å². The molecule has 0 aromatic heterocycles. The van der Waals surface area contributed by atoms with Crippen molar-refractivity contribution < 1.29 is 14.2 Å². The van der Waals surface area contributed by atoms with Crippen LogP contribution in [0.5, 0.6) is 23.0 Å². The lowest BCUT2D eigenvalue weighted by Gasteiger charge is -2.18. The second-order valence-corrected chi connectivity index (χ2v) is 8.33. The quantitative estimate of drug-likeness (QED) is 0.212. The second-order valence-electron chi connectivity index (χ2n) is 8.33. The van der Waals surface area contributed by atoms with Gasteiger partial charge in [-0.3, -0.25) is 0 Å². The van der Waals surface area contributed by atoms with Crippen LogP contribution in [0.4, 0.5) is 0 Å². The predicted molar refractivity (Wildman–Crippen MR) is 142 cm³/mol. The summed E-state index contributed by atoms with van der Waals surface area (Å²) >= 11 is 0. The van der Waals surface area contributed by atoms with Crippen molar-refractivity contribution >= 4 is 10.8 Å². The number of hydrogen-bond donors (Lipinski definition) is 0. The van der Waals surface area contributed by atoms with Gasteiger partial charge in [0.1, 0.15) is 11.5 Å². The van der Waals surface area contributed by atoms with Crippen LogP contribution in [0, 0.1) is 0 Å². The summed E-state index contributed by atoms with van der Waals surface area (Å²) < 4.78 is 19.0. The van der Waals surface area contributed by atoms with E-state index in [4.69, 9.17) is 14.2 Å². The molecule has 5 aromatic rings. The van der Waals surface area contributed by atoms with Gasteiger partial charge in [0.15, 0.2) is 11.5 Å². The smallest absolute Gasteiger partial charge is 0.173 e. The van der Waals surface area contributed by atoms with Crippen molar-refractivity contribution in [1.29, 1.82) is 0 Å². The second kappa shape index (κ2) is 11.3. The molecule has 5 aromatic carbocycles. The van der Waals surface area contributed by atoms with Crippen molar-refractivity contribution in [2.45, 2.75) is 12.8 Å². The van der Waals surface area contributed by atoms with Crippen LogP contribution in [-0.4, -0.2) is 13.2 Å². The summed E-state index contributed by atoms with van der Waals surface area (Å²) in [6.07, 6.45) is 1.64. The largest absolute Gasteiger partial charge is 0.492 e. The van der Waals surface area contributed by atoms with Gasteiger partial charge in [-0.05, 0) is 40.8 Å². The van der Waals surface area contributed by atoms with Crippen LogP contribution in [0.15, 0.2) is 121 Å². The van der Waals surface area contributed by atoms with Crippen LogP contribution >= 0.6 is 0 Å². The van der Waals surface area contributed by atoms with Gasteiger partial charge in [0.05, 0.1) is 18.6 Å². The highest BCUT2D eigenvalue weighted by atomic mass is 16.5. The maximum atomic E-state index is 6.43. The lowest BCUT2D eigenvalue weighted by atomic mass is 10.1. The SMILES string of the molecule is c1ccc(CCOc2cccc3ccc(Oc4ccccc4)c(OCCc4ccccc4)c23)cc1. The molecule has 3 heteroatoms. The standard InChI is InChI=1S/C32H28O3/c1-4-11-25(12-5-1)21-23-33-29-18-10-15-27-19-20-30(35-28-16-8-3-9-17-28)32(31(27)29)34-24-22-26-13-6-2-7-14-26/h1-20H,21-24H2. The van der Waals surface area contributed by atoms with Gasteiger partial charge in [-0.15, -0.1) is 0 Å². The molecular formula is C32H28O3. The van der Waals surface area contributed by atoms with E-state index in [1.807, 2.05) is 60.7 Å². The molecule has 0 aliphatic rings. The third-order valence-corrected chi connectivity index (χ3v) is 5.87. The lowest BCUT2D eigenvalue weighted by molar-refractivity contribution is 0.303. The fourth-order valence-electron chi connectivity index (χ4n) is 4.09. The zero-order valence-corrected chi connectivity index (χ0v) is 19.6. The van der Waals surface area contributed by atoms with Crippen molar-refractivity contribution in [1.82, 2.24) is 0 Å². The Morgan fingerprint density at radius 1 is 0.457 bits per heavy atom. The number of fused-ring (bicyclic) bond motifs is 1. The van der Waals surface area contributed by atoms with Crippen LogP contribution < -0.4 is 14.2 Å². The molecule has 174 valence electrons. The number of benzene rings is 5. The fourth-order valence-corrected chi connectivity index (χ4v) is 4.09. The van der Waals surface area contributed by atoms with Crippen molar-refractivity contribution in [3.63, 3.8) is 0 Å². The topological polar surface area (TPSA) is 27.7 Å². The van der Waals surface area contributed by atoms with E-state index in [0.717, 1.165) is 35.1 Å². The third kappa shape index (κ3) is 5.82. The van der Waals surface area contributed by atoms with E-state index in [-0.39, 0.29) is 0 Å². The van der Waals surface area contributed by atoms with E-state index in [9.17, 15) is 0 Å². The molecule has 3 nitrogen and oxygen atoms in total. The average Bonchev–Trinajstić information content (AvgIpc) is 2.91. The van der Waals surface area contributed by atoms with Gasteiger partial charge in [-0.1, -0.05) is 97.1 Å². The molecular weight excluding hydrogens is 432 g/mol. The predicted octanol–water partition coefficient (Wildman–Crippen LogP) is 7.88. The van der Waals surface area contributed by atoms with Crippen LogP contribution in [-0.2, 0) is 12.8 Å². The molecule has 0 N–H and O–H groups in total. The molecule has 0 bridgehead atoms. The van der Waals surface area contributed by atoms with Crippen LogP contribution in [0.3, 0.4) is 0 Å². The van der Waals surface area contributed by atoms with Gasteiger partial charge in [0.25, 0.3) is 0 Å². The number of hydrogen-bond acceptors (Lipinski definition) is 3. The first-order chi connectivity index (χ1) is 17.4. The van der Waals surface area contributed by atoms with E-state index < -0.39 is 0 Å². The Kier molecular flexibility index (Phi) is 7.25. The van der Waals surface area contributed by atoms with E-state index >= 15 is 0 Å². The monoisotopic (exact) mass is 460 g/mol. The van der Waals surface area contributed by atoms with E-state index in [2.05, 4.69) is 60.7 Å². The average molecular weight is 461 g/mol. The Morgan fingerprint density at radius 2 is 1.06 bits per heavy atom. The molecule has 0 unspecified atom stereocenters. The Labute approximate surface area is 206 Å². The molecule has 0 aliphatic carbocycles. The first-order valence-corrected chi connectivity index (χ1v) is 12.0. The first-order valence-electron chi connectivity index (χ1n) is 12.0. The molecule has 0 amide bonds. The molecule has 0 atom stereocenters. The summed E-state index contributed by atoms with van der Waals surface area (Å²) in [4.78, 5) is 0. The van der Waals surface area contributed by atoms with Gasteiger partial charge in [0.2, 0.25) is 0 Å². The molecule has 0 fully saturated rings. The third-order valence-electron chi connectivity index (χ3n) is 5.87. The van der Waals surface area contributed by atoms with Gasteiger partial charge >= 0.3 is 0 Å². The molecule has 0 saturated heterocycles. The lowest BCUT2D eigenvalue weighted by Crippen LogP contribution is -2.05. The highest BCUT2D eigenvalue weighted by Gasteiger charge is 2.16. The van der Waals surface area contributed by atoms with Crippen molar-refractivity contribution in [3.05, 3.63) is 132 Å². The summed E-state index contributed by atoms with van der Waals surface area (Å²) in [5.41, 5.74) is 2.48. The number of para-hydroxylation sites is 1. The highest BCUT2D eigenvalue weighted by Crippen LogP contribution is 2.42. The Hall–Kier alpha value is -4.24. The minimum Gasteiger partial charge on any atom is -0.492 e. The molecule has 0 aliphatic heterocycles. The molecule has 0 heterocycles. The Morgan fingerprint density at radius 3 is 1.71 bits per heavy atom. The van der Waals surface area contributed by atoms with Crippen LogP contribution in [0.1, 0.15) is 11.1 Å².